The van der Waals surface area contributed by atoms with Crippen LogP contribution in [-0.2, 0) is 22.6 Å². The average Bonchev–Trinajstić information content (AvgIpc) is 3.45. The van der Waals surface area contributed by atoms with Gasteiger partial charge in [0.05, 0.1) is 30.0 Å². The van der Waals surface area contributed by atoms with E-state index in [1.807, 2.05) is 30.3 Å². The zero-order chi connectivity index (χ0) is 22.3. The number of amides is 3. The third-order valence-electron chi connectivity index (χ3n) is 5.48. The Balaban J connectivity index is 1.34. The standard InChI is InChI=1S/C25H25N3O4/c29-23-15-19(16-28(23)17-20-9-6-14-32-20)24(30)27-22-11-5-4-10-21(22)25(31)26-13-12-18-7-2-1-3-8-18/h1-11,14,19H,12-13,15-17H2,(H,26,31)(H,27,30). The molecule has 0 spiro atoms. The molecule has 164 valence electrons. The van der Waals surface area contributed by atoms with Gasteiger partial charge in [0.15, 0.2) is 0 Å². The van der Waals surface area contributed by atoms with Crippen LogP contribution in [0.2, 0.25) is 0 Å². The lowest BCUT2D eigenvalue weighted by molar-refractivity contribution is -0.128. The molecule has 7 nitrogen and oxygen atoms in total. The van der Waals surface area contributed by atoms with Crippen LogP contribution < -0.4 is 10.6 Å². The van der Waals surface area contributed by atoms with E-state index in [-0.39, 0.29) is 24.1 Å². The minimum absolute atomic E-state index is 0.0894. The van der Waals surface area contributed by atoms with Gasteiger partial charge in [-0.2, -0.15) is 0 Å². The number of hydrogen-bond acceptors (Lipinski definition) is 4. The number of carbonyl (C=O) groups excluding carboxylic acids is 3. The summed E-state index contributed by atoms with van der Waals surface area (Å²) in [6, 6.07) is 20.4. The fourth-order valence-corrected chi connectivity index (χ4v) is 3.78. The van der Waals surface area contributed by atoms with Crippen LogP contribution >= 0.6 is 0 Å². The van der Waals surface area contributed by atoms with Gasteiger partial charge in [0.2, 0.25) is 11.8 Å². The van der Waals surface area contributed by atoms with Crippen LogP contribution in [0.3, 0.4) is 0 Å². The monoisotopic (exact) mass is 431 g/mol. The molecule has 3 amide bonds. The fraction of sp³-hybridized carbons (Fsp3) is 0.240. The topological polar surface area (TPSA) is 91.7 Å². The van der Waals surface area contributed by atoms with Crippen LogP contribution in [-0.4, -0.2) is 35.7 Å². The second-order valence-corrected chi connectivity index (χ2v) is 7.78. The first kappa shape index (κ1) is 21.4. The molecule has 7 heteroatoms. The first-order valence-electron chi connectivity index (χ1n) is 10.6. The maximum atomic E-state index is 12.8. The highest BCUT2D eigenvalue weighted by Gasteiger charge is 2.35. The molecule has 2 aromatic carbocycles. The van der Waals surface area contributed by atoms with E-state index in [1.54, 1.807) is 47.6 Å². The van der Waals surface area contributed by atoms with Crippen molar-refractivity contribution in [1.82, 2.24) is 10.2 Å². The highest BCUT2D eigenvalue weighted by atomic mass is 16.3. The number of furan rings is 1. The Hall–Kier alpha value is -3.87. The molecule has 3 aromatic rings. The highest BCUT2D eigenvalue weighted by Crippen LogP contribution is 2.23. The van der Waals surface area contributed by atoms with Crippen molar-refractivity contribution in [2.24, 2.45) is 5.92 Å². The average molecular weight is 431 g/mol. The smallest absolute Gasteiger partial charge is 0.253 e. The molecule has 0 bridgehead atoms. The lowest BCUT2D eigenvalue weighted by Gasteiger charge is -2.16. The number of para-hydroxylation sites is 1. The molecule has 1 saturated heterocycles. The number of carbonyl (C=O) groups is 3. The number of nitrogens with zero attached hydrogens (tertiary/aromatic N) is 1. The normalized spacial score (nSPS) is 15.6. The number of benzene rings is 2. The van der Waals surface area contributed by atoms with Gasteiger partial charge in [-0.3, -0.25) is 14.4 Å². The summed E-state index contributed by atoms with van der Waals surface area (Å²) in [5.41, 5.74) is 1.97. The number of likely N-dealkylation sites (tertiary alicyclic amines) is 1. The van der Waals surface area contributed by atoms with Crippen LogP contribution in [0.25, 0.3) is 0 Å². The Bertz CT molecular complexity index is 1080. The van der Waals surface area contributed by atoms with E-state index in [0.717, 1.165) is 12.0 Å². The predicted molar refractivity (Wildman–Crippen MR) is 120 cm³/mol. The minimum atomic E-state index is -0.480. The van der Waals surface area contributed by atoms with Crippen LogP contribution in [0.1, 0.15) is 28.1 Å². The van der Waals surface area contributed by atoms with Gasteiger partial charge in [-0.05, 0) is 36.2 Å². The van der Waals surface area contributed by atoms with Crippen LogP contribution in [0.4, 0.5) is 5.69 Å². The SMILES string of the molecule is O=C(NCCc1ccccc1)c1ccccc1NC(=O)C1CC(=O)N(Cc2ccco2)C1. The molecule has 2 N–H and O–H groups in total. The van der Waals surface area contributed by atoms with E-state index in [9.17, 15) is 14.4 Å². The number of nitrogens with one attached hydrogen (secondary N) is 2. The van der Waals surface area contributed by atoms with Gasteiger partial charge in [-0.1, -0.05) is 42.5 Å². The van der Waals surface area contributed by atoms with Crippen molar-refractivity contribution in [3.05, 3.63) is 89.9 Å². The zero-order valence-corrected chi connectivity index (χ0v) is 17.6. The molecule has 4 rings (SSSR count). The van der Waals surface area contributed by atoms with Crippen molar-refractivity contribution in [2.75, 3.05) is 18.4 Å². The molecule has 0 aliphatic carbocycles. The van der Waals surface area contributed by atoms with Crippen molar-refractivity contribution in [3.63, 3.8) is 0 Å². The van der Waals surface area contributed by atoms with Crippen molar-refractivity contribution >= 4 is 23.4 Å². The van der Waals surface area contributed by atoms with E-state index >= 15 is 0 Å². The molecule has 0 saturated carbocycles. The summed E-state index contributed by atoms with van der Waals surface area (Å²) < 4.78 is 5.30. The third kappa shape index (κ3) is 5.24. The van der Waals surface area contributed by atoms with Crippen molar-refractivity contribution in [3.8, 4) is 0 Å². The van der Waals surface area contributed by atoms with Gasteiger partial charge >= 0.3 is 0 Å². The Morgan fingerprint density at radius 2 is 1.78 bits per heavy atom. The zero-order valence-electron chi connectivity index (χ0n) is 17.6. The molecular formula is C25H25N3O4. The van der Waals surface area contributed by atoms with Crippen LogP contribution in [0.15, 0.2) is 77.4 Å². The summed E-state index contributed by atoms with van der Waals surface area (Å²) in [7, 11) is 0. The van der Waals surface area contributed by atoms with E-state index in [1.165, 1.54) is 0 Å². The third-order valence-corrected chi connectivity index (χ3v) is 5.48. The molecule has 1 aromatic heterocycles. The highest BCUT2D eigenvalue weighted by molar-refractivity contribution is 6.05. The van der Waals surface area contributed by atoms with Crippen molar-refractivity contribution in [2.45, 2.75) is 19.4 Å². The summed E-state index contributed by atoms with van der Waals surface area (Å²) in [5.74, 6) is -0.416. The second kappa shape index (κ2) is 9.96. The molecule has 0 radical (unpaired) electrons. The van der Waals surface area contributed by atoms with E-state index in [2.05, 4.69) is 10.6 Å². The maximum Gasteiger partial charge on any atom is 0.253 e. The molecule has 1 aliphatic heterocycles. The first-order valence-corrected chi connectivity index (χ1v) is 10.6. The second-order valence-electron chi connectivity index (χ2n) is 7.78. The quantitative estimate of drug-likeness (QED) is 0.573. The summed E-state index contributed by atoms with van der Waals surface area (Å²) in [5, 5.41) is 5.75. The molecule has 1 aliphatic rings. The van der Waals surface area contributed by atoms with Crippen molar-refractivity contribution < 1.29 is 18.8 Å². The van der Waals surface area contributed by atoms with E-state index in [0.29, 0.717) is 36.6 Å². The lowest BCUT2D eigenvalue weighted by Crippen LogP contribution is -2.30. The molecule has 32 heavy (non-hydrogen) atoms. The summed E-state index contributed by atoms with van der Waals surface area (Å²) in [6.07, 6.45) is 2.41. The number of rotatable bonds is 8. The lowest BCUT2D eigenvalue weighted by atomic mass is 10.1. The summed E-state index contributed by atoms with van der Waals surface area (Å²) >= 11 is 0. The molecule has 2 heterocycles. The molecule has 1 fully saturated rings. The van der Waals surface area contributed by atoms with Crippen molar-refractivity contribution in [1.29, 1.82) is 0 Å². The molecule has 1 atom stereocenters. The Labute approximate surface area is 186 Å². The van der Waals surface area contributed by atoms with Gasteiger partial charge in [-0.15, -0.1) is 0 Å². The number of anilines is 1. The maximum absolute atomic E-state index is 12.8. The van der Waals surface area contributed by atoms with E-state index < -0.39 is 5.92 Å². The Morgan fingerprint density at radius 1 is 1.00 bits per heavy atom. The summed E-state index contributed by atoms with van der Waals surface area (Å²) in [6.45, 7) is 1.15. The number of hydrogen-bond donors (Lipinski definition) is 2. The van der Waals surface area contributed by atoms with Gasteiger partial charge < -0.3 is 20.0 Å². The predicted octanol–water partition coefficient (Wildman–Crippen LogP) is 3.24. The van der Waals surface area contributed by atoms with Crippen LogP contribution in [0.5, 0.6) is 0 Å². The van der Waals surface area contributed by atoms with Gasteiger partial charge in [0, 0.05) is 19.5 Å². The summed E-state index contributed by atoms with van der Waals surface area (Å²) in [4.78, 5) is 39.5. The largest absolute Gasteiger partial charge is 0.467 e. The Kier molecular flexibility index (Phi) is 6.65. The van der Waals surface area contributed by atoms with Crippen LogP contribution in [0, 0.1) is 5.92 Å². The minimum Gasteiger partial charge on any atom is -0.467 e. The Morgan fingerprint density at radius 3 is 2.56 bits per heavy atom. The van der Waals surface area contributed by atoms with Gasteiger partial charge in [0.25, 0.3) is 5.91 Å². The first-order chi connectivity index (χ1) is 15.6. The fourth-order valence-electron chi connectivity index (χ4n) is 3.78. The van der Waals surface area contributed by atoms with Gasteiger partial charge in [0.1, 0.15) is 5.76 Å². The molecule has 1 unspecified atom stereocenters. The molecular weight excluding hydrogens is 406 g/mol. The van der Waals surface area contributed by atoms with E-state index in [4.69, 9.17) is 4.42 Å². The van der Waals surface area contributed by atoms with Gasteiger partial charge in [-0.25, -0.2) is 0 Å².